The van der Waals surface area contributed by atoms with E-state index in [0.29, 0.717) is 20.0 Å². The van der Waals surface area contributed by atoms with Crippen molar-refractivity contribution in [2.24, 2.45) is 11.5 Å². The van der Waals surface area contributed by atoms with E-state index >= 15 is 0 Å². The van der Waals surface area contributed by atoms with Gasteiger partial charge in [-0.25, -0.2) is 0 Å². The maximum Gasteiger partial charge on any atom is 0.146 e. The zero-order valence-corrected chi connectivity index (χ0v) is 5.25. The zero-order chi connectivity index (χ0) is 6.69. The Morgan fingerprint density at radius 3 is 1.89 bits per heavy atom. The van der Waals surface area contributed by atoms with Crippen LogP contribution in [0.25, 0.3) is 0 Å². The molecule has 0 unspecified atom stereocenters. The van der Waals surface area contributed by atoms with Crippen LogP contribution in [-0.2, 0) is 9.47 Å². The van der Waals surface area contributed by atoms with Crippen LogP contribution in [0.15, 0.2) is 0 Å². The van der Waals surface area contributed by atoms with E-state index in [0.717, 1.165) is 0 Å². The summed E-state index contributed by atoms with van der Waals surface area (Å²) in [6.07, 6.45) is 0. The van der Waals surface area contributed by atoms with Gasteiger partial charge in [0.25, 0.3) is 0 Å². The van der Waals surface area contributed by atoms with Crippen molar-refractivity contribution >= 4 is 0 Å². The predicted molar refractivity (Wildman–Crippen MR) is 32.7 cm³/mol. The topological polar surface area (TPSA) is 70.5 Å². The summed E-state index contributed by atoms with van der Waals surface area (Å²) in [5.74, 6) is 0. The van der Waals surface area contributed by atoms with Gasteiger partial charge >= 0.3 is 0 Å². The maximum atomic E-state index is 5.55. The summed E-state index contributed by atoms with van der Waals surface area (Å²) in [6.45, 7) is 1.32. The maximum absolute atomic E-state index is 5.55. The first-order valence-corrected chi connectivity index (χ1v) is 2.97. The SMILES string of the molecule is N[C@H]1COCOC[C@@H]1N. The van der Waals surface area contributed by atoms with Gasteiger partial charge in [0, 0.05) is 12.1 Å². The minimum Gasteiger partial charge on any atom is -0.354 e. The fourth-order valence-corrected chi connectivity index (χ4v) is 0.675. The zero-order valence-electron chi connectivity index (χ0n) is 5.25. The fourth-order valence-electron chi connectivity index (χ4n) is 0.675. The highest BCUT2D eigenvalue weighted by Gasteiger charge is 2.16. The lowest BCUT2D eigenvalue weighted by Gasteiger charge is -2.12. The van der Waals surface area contributed by atoms with Crippen molar-refractivity contribution in [2.45, 2.75) is 12.1 Å². The first-order chi connectivity index (χ1) is 4.30. The molecule has 54 valence electrons. The molecule has 4 N–H and O–H groups in total. The van der Waals surface area contributed by atoms with Crippen LogP contribution in [0.4, 0.5) is 0 Å². The van der Waals surface area contributed by atoms with Crippen molar-refractivity contribution < 1.29 is 9.47 Å². The molecule has 0 aliphatic carbocycles. The average molecular weight is 132 g/mol. The largest absolute Gasteiger partial charge is 0.354 e. The van der Waals surface area contributed by atoms with Crippen molar-refractivity contribution in [2.75, 3.05) is 20.0 Å². The Morgan fingerprint density at radius 1 is 1.00 bits per heavy atom. The van der Waals surface area contributed by atoms with Gasteiger partial charge in [0.05, 0.1) is 13.2 Å². The minimum absolute atomic E-state index is 0.0764. The van der Waals surface area contributed by atoms with Crippen LogP contribution in [-0.4, -0.2) is 32.1 Å². The van der Waals surface area contributed by atoms with Gasteiger partial charge in [-0.3, -0.25) is 0 Å². The first kappa shape index (κ1) is 6.95. The fraction of sp³-hybridized carbons (Fsp3) is 1.00. The smallest absolute Gasteiger partial charge is 0.146 e. The third kappa shape index (κ3) is 1.91. The summed E-state index contributed by atoms with van der Waals surface area (Å²) in [6, 6.07) is -0.153. The number of rotatable bonds is 0. The number of nitrogens with two attached hydrogens (primary N) is 2. The summed E-state index contributed by atoms with van der Waals surface area (Å²) < 4.78 is 9.90. The van der Waals surface area contributed by atoms with Gasteiger partial charge in [-0.15, -0.1) is 0 Å². The molecule has 0 spiro atoms. The number of ether oxygens (including phenoxy) is 2. The lowest BCUT2D eigenvalue weighted by molar-refractivity contribution is -0.0338. The summed E-state index contributed by atoms with van der Waals surface area (Å²) in [5, 5.41) is 0. The average Bonchev–Trinajstić information content (AvgIpc) is 1.99. The van der Waals surface area contributed by atoms with E-state index in [1.165, 1.54) is 0 Å². The molecule has 0 saturated carbocycles. The van der Waals surface area contributed by atoms with Crippen LogP contribution in [0.1, 0.15) is 0 Å². The molecule has 0 aromatic rings. The van der Waals surface area contributed by atoms with Crippen LogP contribution in [0, 0.1) is 0 Å². The lowest BCUT2D eigenvalue weighted by atomic mass is 10.2. The molecule has 1 fully saturated rings. The second-order valence-electron chi connectivity index (χ2n) is 2.19. The van der Waals surface area contributed by atoms with Crippen molar-refractivity contribution in [1.82, 2.24) is 0 Å². The lowest BCUT2D eigenvalue weighted by Crippen LogP contribution is -2.45. The third-order valence-corrected chi connectivity index (χ3v) is 1.34. The summed E-state index contributed by atoms with van der Waals surface area (Å²) in [7, 11) is 0. The van der Waals surface area contributed by atoms with E-state index in [9.17, 15) is 0 Å². The Balaban J connectivity index is 2.32. The third-order valence-electron chi connectivity index (χ3n) is 1.34. The van der Waals surface area contributed by atoms with E-state index in [1.807, 2.05) is 0 Å². The molecular formula is C5H12N2O2. The summed E-state index contributed by atoms with van der Waals surface area (Å²) in [4.78, 5) is 0. The molecule has 2 atom stereocenters. The Hall–Kier alpha value is -0.160. The van der Waals surface area contributed by atoms with Crippen LogP contribution in [0.5, 0.6) is 0 Å². The van der Waals surface area contributed by atoms with Crippen LogP contribution >= 0.6 is 0 Å². The molecule has 4 heteroatoms. The monoisotopic (exact) mass is 132 g/mol. The van der Waals surface area contributed by atoms with E-state index in [4.69, 9.17) is 20.9 Å². The van der Waals surface area contributed by atoms with Crippen molar-refractivity contribution in [3.05, 3.63) is 0 Å². The highest BCUT2D eigenvalue weighted by molar-refractivity contribution is 4.75. The van der Waals surface area contributed by atoms with Gasteiger partial charge in [0.2, 0.25) is 0 Å². The highest BCUT2D eigenvalue weighted by Crippen LogP contribution is 1.95. The van der Waals surface area contributed by atoms with Crippen LogP contribution in [0.3, 0.4) is 0 Å². The molecule has 0 radical (unpaired) electrons. The second-order valence-corrected chi connectivity index (χ2v) is 2.19. The Labute approximate surface area is 54.1 Å². The first-order valence-electron chi connectivity index (χ1n) is 2.97. The van der Waals surface area contributed by atoms with E-state index in [1.54, 1.807) is 0 Å². The standard InChI is InChI=1S/C5H12N2O2/c6-4-1-8-3-9-2-5(4)7/h4-5H,1-3,6-7H2/t4-,5-/m0/s1. The molecule has 0 aromatic carbocycles. The molecule has 0 amide bonds. The van der Waals surface area contributed by atoms with Gasteiger partial charge < -0.3 is 20.9 Å². The van der Waals surface area contributed by atoms with Crippen molar-refractivity contribution in [1.29, 1.82) is 0 Å². The van der Waals surface area contributed by atoms with Crippen LogP contribution in [0.2, 0.25) is 0 Å². The highest BCUT2D eigenvalue weighted by atomic mass is 16.7. The van der Waals surface area contributed by atoms with E-state index in [-0.39, 0.29) is 12.1 Å². The molecule has 1 aliphatic heterocycles. The van der Waals surface area contributed by atoms with Gasteiger partial charge in [-0.05, 0) is 0 Å². The molecule has 0 bridgehead atoms. The number of hydrogen-bond donors (Lipinski definition) is 2. The molecular weight excluding hydrogens is 120 g/mol. The van der Waals surface area contributed by atoms with Crippen molar-refractivity contribution in [3.63, 3.8) is 0 Å². The van der Waals surface area contributed by atoms with Crippen molar-refractivity contribution in [3.8, 4) is 0 Å². The van der Waals surface area contributed by atoms with Gasteiger partial charge in [0.1, 0.15) is 6.79 Å². The van der Waals surface area contributed by atoms with Crippen LogP contribution < -0.4 is 11.5 Å². The molecule has 1 rings (SSSR count). The molecule has 1 aliphatic rings. The van der Waals surface area contributed by atoms with Gasteiger partial charge in [0.15, 0.2) is 0 Å². The summed E-state index contributed by atoms with van der Waals surface area (Å²) in [5.41, 5.74) is 11.1. The Morgan fingerprint density at radius 2 is 1.44 bits per heavy atom. The summed E-state index contributed by atoms with van der Waals surface area (Å²) >= 11 is 0. The Bertz CT molecular complexity index is 79.0. The quantitative estimate of drug-likeness (QED) is 0.427. The van der Waals surface area contributed by atoms with Gasteiger partial charge in [-0.1, -0.05) is 0 Å². The molecule has 9 heavy (non-hydrogen) atoms. The molecule has 1 heterocycles. The minimum atomic E-state index is -0.0764. The molecule has 0 aromatic heterocycles. The Kier molecular flexibility index (Phi) is 2.41. The molecule has 1 saturated heterocycles. The predicted octanol–water partition coefficient (Wildman–Crippen LogP) is -1.35. The van der Waals surface area contributed by atoms with E-state index in [2.05, 4.69) is 0 Å². The molecule has 4 nitrogen and oxygen atoms in total. The normalized spacial score (nSPS) is 38.0. The van der Waals surface area contributed by atoms with Gasteiger partial charge in [-0.2, -0.15) is 0 Å². The second kappa shape index (κ2) is 3.12. The van der Waals surface area contributed by atoms with E-state index < -0.39 is 0 Å². The number of hydrogen-bond acceptors (Lipinski definition) is 4.